The number of nitriles is 1. The summed E-state index contributed by atoms with van der Waals surface area (Å²) >= 11 is 0. The van der Waals surface area contributed by atoms with Gasteiger partial charge in [0.2, 0.25) is 0 Å². The van der Waals surface area contributed by atoms with Gasteiger partial charge in [-0.2, -0.15) is 5.26 Å². The highest BCUT2D eigenvalue weighted by molar-refractivity contribution is 6.37. The molecule has 0 spiro atoms. The van der Waals surface area contributed by atoms with Gasteiger partial charge >= 0.3 is 0 Å². The monoisotopic (exact) mass is 317 g/mol. The third kappa shape index (κ3) is 2.55. The summed E-state index contributed by atoms with van der Waals surface area (Å²) in [7, 11) is 1.63. The molecule has 0 saturated heterocycles. The minimum Gasteiger partial charge on any atom is -0.321 e. The van der Waals surface area contributed by atoms with Crippen LogP contribution in [-0.4, -0.2) is 18.9 Å². The van der Waals surface area contributed by atoms with E-state index in [1.807, 2.05) is 31.2 Å². The van der Waals surface area contributed by atoms with E-state index in [2.05, 4.69) is 5.32 Å². The molecule has 0 atom stereocenters. The van der Waals surface area contributed by atoms with Crippen LogP contribution in [0.3, 0.4) is 0 Å². The molecule has 2 aromatic carbocycles. The molecule has 0 unspecified atom stereocenters. The summed E-state index contributed by atoms with van der Waals surface area (Å²) in [6.07, 6.45) is 0. The highest BCUT2D eigenvalue weighted by Crippen LogP contribution is 2.37. The van der Waals surface area contributed by atoms with Crippen LogP contribution in [0.2, 0.25) is 0 Å². The molecule has 2 amide bonds. The van der Waals surface area contributed by atoms with Gasteiger partial charge in [0.05, 0.1) is 11.3 Å². The number of aryl methyl sites for hydroxylation is 1. The van der Waals surface area contributed by atoms with Gasteiger partial charge in [-0.3, -0.25) is 9.59 Å². The fourth-order valence-electron chi connectivity index (χ4n) is 2.66. The number of carbonyl (C=O) groups excluding carboxylic acids is 2. The molecule has 118 valence electrons. The molecule has 1 aliphatic rings. The highest BCUT2D eigenvalue weighted by Gasteiger charge is 2.34. The highest BCUT2D eigenvalue weighted by atomic mass is 16.2. The Labute approximate surface area is 139 Å². The zero-order chi connectivity index (χ0) is 17.3. The van der Waals surface area contributed by atoms with Crippen LogP contribution < -0.4 is 10.2 Å². The Morgan fingerprint density at radius 3 is 2.46 bits per heavy atom. The average Bonchev–Trinajstić information content (AvgIpc) is 2.83. The van der Waals surface area contributed by atoms with Gasteiger partial charge in [-0.25, -0.2) is 0 Å². The second kappa shape index (κ2) is 6.01. The molecule has 3 rings (SSSR count). The van der Waals surface area contributed by atoms with E-state index in [0.29, 0.717) is 16.9 Å². The van der Waals surface area contributed by atoms with E-state index in [0.717, 1.165) is 5.56 Å². The molecule has 0 radical (unpaired) electrons. The van der Waals surface area contributed by atoms with Crippen LogP contribution >= 0.6 is 0 Å². The fraction of sp³-hybridized carbons (Fsp3) is 0.105. The minimum atomic E-state index is -0.588. The van der Waals surface area contributed by atoms with Crippen molar-refractivity contribution in [3.8, 4) is 6.07 Å². The number of para-hydroxylation sites is 1. The normalized spacial score (nSPS) is 14.9. The van der Waals surface area contributed by atoms with Crippen molar-refractivity contribution in [3.05, 3.63) is 65.2 Å². The molecule has 1 heterocycles. The van der Waals surface area contributed by atoms with Crippen LogP contribution in [0.25, 0.3) is 5.57 Å². The minimum absolute atomic E-state index is 0.139. The molecule has 24 heavy (non-hydrogen) atoms. The number of likely N-dealkylation sites (N-methyl/N-ethyl adjacent to an activating group) is 1. The number of anilines is 2. The Morgan fingerprint density at radius 1 is 1.12 bits per heavy atom. The van der Waals surface area contributed by atoms with Crippen molar-refractivity contribution in [2.75, 3.05) is 17.3 Å². The lowest BCUT2D eigenvalue weighted by Gasteiger charge is -2.08. The number of carbonyl (C=O) groups is 2. The number of fused-ring (bicyclic) bond motifs is 1. The van der Waals surface area contributed by atoms with Crippen molar-refractivity contribution < 1.29 is 9.59 Å². The van der Waals surface area contributed by atoms with Crippen LogP contribution in [0.5, 0.6) is 0 Å². The van der Waals surface area contributed by atoms with Crippen LogP contribution in [-0.2, 0) is 9.59 Å². The summed E-state index contributed by atoms with van der Waals surface area (Å²) in [5, 5.41) is 12.1. The number of benzene rings is 2. The topological polar surface area (TPSA) is 73.2 Å². The first-order valence-corrected chi connectivity index (χ1v) is 7.42. The van der Waals surface area contributed by atoms with Gasteiger partial charge in [0.15, 0.2) is 0 Å². The zero-order valence-corrected chi connectivity index (χ0v) is 13.3. The summed E-state index contributed by atoms with van der Waals surface area (Å²) in [6.45, 7) is 1.94. The van der Waals surface area contributed by atoms with Crippen LogP contribution in [0.4, 0.5) is 11.4 Å². The first-order valence-electron chi connectivity index (χ1n) is 7.42. The van der Waals surface area contributed by atoms with Gasteiger partial charge in [-0.15, -0.1) is 0 Å². The van der Waals surface area contributed by atoms with Gasteiger partial charge in [0.1, 0.15) is 11.6 Å². The Morgan fingerprint density at radius 2 is 1.79 bits per heavy atom. The third-order valence-corrected chi connectivity index (χ3v) is 3.95. The lowest BCUT2D eigenvalue weighted by molar-refractivity contribution is -0.114. The van der Waals surface area contributed by atoms with Crippen molar-refractivity contribution in [3.63, 3.8) is 0 Å². The fourth-order valence-corrected chi connectivity index (χ4v) is 2.66. The van der Waals surface area contributed by atoms with E-state index in [4.69, 9.17) is 0 Å². The third-order valence-electron chi connectivity index (χ3n) is 3.95. The standard InChI is InChI=1S/C19H15N3O2/c1-12-7-9-13(10-8-12)21-18(23)15(11-20)17-14-5-3-4-6-16(14)22(2)19(17)24/h3-10H,1-2H3,(H,21,23). The molecule has 0 aromatic heterocycles. The van der Waals surface area contributed by atoms with Gasteiger partial charge in [-0.05, 0) is 25.1 Å². The summed E-state index contributed by atoms with van der Waals surface area (Å²) in [5.74, 6) is -0.943. The van der Waals surface area contributed by atoms with E-state index >= 15 is 0 Å². The predicted octanol–water partition coefficient (Wildman–Crippen LogP) is 2.89. The summed E-state index contributed by atoms with van der Waals surface area (Å²) in [4.78, 5) is 26.5. The maximum absolute atomic E-state index is 12.5. The smallest absolute Gasteiger partial charge is 0.267 e. The Hall–Kier alpha value is -3.39. The summed E-state index contributed by atoms with van der Waals surface area (Å²) in [5.41, 5.74) is 2.88. The van der Waals surface area contributed by atoms with E-state index < -0.39 is 5.91 Å². The molecule has 5 heteroatoms. The summed E-state index contributed by atoms with van der Waals surface area (Å²) < 4.78 is 0. The SMILES string of the molecule is Cc1ccc(NC(=O)C(C#N)=C2C(=O)N(C)c3ccccc32)cc1. The molecule has 1 aliphatic heterocycles. The maximum Gasteiger partial charge on any atom is 0.267 e. The predicted molar refractivity (Wildman–Crippen MR) is 92.2 cm³/mol. The lowest BCUT2D eigenvalue weighted by Crippen LogP contribution is -2.23. The van der Waals surface area contributed by atoms with Crippen molar-refractivity contribution in [1.29, 1.82) is 5.26 Å². The molecular weight excluding hydrogens is 302 g/mol. The molecule has 0 aliphatic carbocycles. The molecule has 0 saturated carbocycles. The van der Waals surface area contributed by atoms with Crippen molar-refractivity contribution in [2.45, 2.75) is 6.92 Å². The van der Waals surface area contributed by atoms with E-state index in [9.17, 15) is 14.9 Å². The Bertz CT molecular complexity index is 905. The van der Waals surface area contributed by atoms with Crippen molar-refractivity contribution in [2.24, 2.45) is 0 Å². The second-order valence-corrected chi connectivity index (χ2v) is 5.56. The molecule has 0 bridgehead atoms. The quantitative estimate of drug-likeness (QED) is 0.683. The zero-order valence-electron chi connectivity index (χ0n) is 13.3. The first kappa shape index (κ1) is 15.5. The maximum atomic E-state index is 12.5. The molecule has 0 fully saturated rings. The lowest BCUT2D eigenvalue weighted by atomic mass is 10.0. The van der Waals surface area contributed by atoms with E-state index in [1.165, 1.54) is 4.90 Å². The Balaban J connectivity index is 2.03. The van der Waals surface area contributed by atoms with Crippen LogP contribution in [0, 0.1) is 18.3 Å². The van der Waals surface area contributed by atoms with Gasteiger partial charge < -0.3 is 10.2 Å². The molecule has 2 aromatic rings. The molecule has 5 nitrogen and oxygen atoms in total. The van der Waals surface area contributed by atoms with Crippen molar-refractivity contribution in [1.82, 2.24) is 0 Å². The van der Waals surface area contributed by atoms with Crippen molar-refractivity contribution >= 4 is 28.8 Å². The van der Waals surface area contributed by atoms with Gasteiger partial charge in [0.25, 0.3) is 11.8 Å². The largest absolute Gasteiger partial charge is 0.321 e. The summed E-state index contributed by atoms with van der Waals surface area (Å²) in [6, 6.07) is 16.2. The van der Waals surface area contributed by atoms with E-state index in [-0.39, 0.29) is 17.1 Å². The second-order valence-electron chi connectivity index (χ2n) is 5.56. The number of hydrogen-bond acceptors (Lipinski definition) is 3. The van der Waals surface area contributed by atoms with Crippen LogP contribution in [0.1, 0.15) is 11.1 Å². The number of hydrogen-bond donors (Lipinski definition) is 1. The molecular formula is C19H15N3O2. The number of nitrogens with one attached hydrogen (secondary N) is 1. The number of rotatable bonds is 2. The molecule has 1 N–H and O–H groups in total. The van der Waals surface area contributed by atoms with E-state index in [1.54, 1.807) is 37.4 Å². The average molecular weight is 317 g/mol. The van der Waals surface area contributed by atoms with Gasteiger partial charge in [0, 0.05) is 18.3 Å². The Kier molecular flexibility index (Phi) is 3.88. The number of amides is 2. The first-order chi connectivity index (χ1) is 11.5. The van der Waals surface area contributed by atoms with Gasteiger partial charge in [-0.1, -0.05) is 35.9 Å². The number of nitrogens with zero attached hydrogens (tertiary/aromatic N) is 2. The van der Waals surface area contributed by atoms with Crippen LogP contribution in [0.15, 0.2) is 54.1 Å².